The van der Waals surface area contributed by atoms with Crippen LogP contribution in [0.2, 0.25) is 0 Å². The molecule has 0 amide bonds. The van der Waals surface area contributed by atoms with Crippen LogP contribution in [0.3, 0.4) is 0 Å². The van der Waals surface area contributed by atoms with Gasteiger partial charge in [-0.15, -0.1) is 0 Å². The van der Waals surface area contributed by atoms with E-state index in [1.54, 1.807) is 11.1 Å². The van der Waals surface area contributed by atoms with Gasteiger partial charge in [-0.2, -0.15) is 0 Å². The molecule has 0 aromatic carbocycles. The fourth-order valence-electron chi connectivity index (χ4n) is 1.57. The molecule has 0 aromatic heterocycles. The van der Waals surface area contributed by atoms with Crippen molar-refractivity contribution < 1.29 is 44.3 Å². The Kier molecular flexibility index (Phi) is 10.4. The van der Waals surface area contributed by atoms with Gasteiger partial charge in [-0.1, -0.05) is 18.1 Å². The molecule has 0 aromatic rings. The molecule has 1 aliphatic rings. The first kappa shape index (κ1) is 19.3. The van der Waals surface area contributed by atoms with Gasteiger partial charge in [-0.25, -0.2) is 0 Å². The Morgan fingerprint density at radius 1 is 0.769 bits per heavy atom. The van der Waals surface area contributed by atoms with E-state index >= 15 is 0 Å². The molecule has 1 rings (SSSR count). The predicted octanol–water partition coefficient (Wildman–Crippen LogP) is -2.69. The van der Waals surface area contributed by atoms with Crippen LogP contribution in [0.5, 0.6) is 0 Å². The first-order valence-corrected chi connectivity index (χ1v) is 3.90. The summed E-state index contributed by atoms with van der Waals surface area (Å²) in [5.41, 5.74) is 6.11. The zero-order valence-electron chi connectivity index (χ0n) is 8.67. The van der Waals surface area contributed by atoms with Gasteiger partial charge >= 0.3 is 19.5 Å². The molecule has 0 nitrogen and oxygen atoms in total. The predicted molar refractivity (Wildman–Crippen MR) is 45.9 cm³/mol. The van der Waals surface area contributed by atoms with E-state index in [0.717, 1.165) is 0 Å². The summed E-state index contributed by atoms with van der Waals surface area (Å²) in [6.07, 6.45) is 0. The number of halogens is 2. The molecule has 0 atom stereocenters. The second kappa shape index (κ2) is 7.04. The van der Waals surface area contributed by atoms with E-state index in [-0.39, 0.29) is 44.3 Å². The van der Waals surface area contributed by atoms with Gasteiger partial charge in [0.25, 0.3) is 0 Å². The number of rotatable bonds is 0. The molecule has 0 aliphatic heterocycles. The first-order chi connectivity index (χ1) is 4.55. The van der Waals surface area contributed by atoms with Crippen molar-refractivity contribution in [2.75, 3.05) is 0 Å². The van der Waals surface area contributed by atoms with E-state index in [9.17, 15) is 0 Å². The minimum Gasteiger partial charge on any atom is -1.00 e. The molecule has 78 valence electrons. The van der Waals surface area contributed by atoms with Crippen LogP contribution in [-0.4, -0.2) is 0 Å². The molecule has 1 aliphatic carbocycles. The van der Waals surface area contributed by atoms with Crippen molar-refractivity contribution in [2.24, 2.45) is 5.92 Å². The molecule has 0 saturated carbocycles. The van der Waals surface area contributed by atoms with Crippen molar-refractivity contribution in [3.8, 4) is 0 Å². The van der Waals surface area contributed by atoms with Gasteiger partial charge in [-0.05, 0) is 44.8 Å². The quantitative estimate of drug-likeness (QED) is 0.428. The van der Waals surface area contributed by atoms with Gasteiger partial charge in [0.05, 0.1) is 0 Å². The minimum atomic E-state index is 0. The number of allylic oxidation sites excluding steroid dienone is 4. The second-order valence-corrected chi connectivity index (χ2v) is 3.34. The average Bonchev–Trinajstić information content (AvgIpc) is 2.07. The fraction of sp³-hybridized carbons (Fsp3) is 0.600. The first-order valence-electron chi connectivity index (χ1n) is 3.90. The number of hydrogen-bond acceptors (Lipinski definition) is 0. The van der Waals surface area contributed by atoms with Gasteiger partial charge in [0, 0.05) is 0 Å². The zero-order chi connectivity index (χ0) is 7.89. The topological polar surface area (TPSA) is 0 Å². The normalized spacial score (nSPS) is 16.4. The van der Waals surface area contributed by atoms with Crippen molar-refractivity contribution in [2.45, 2.75) is 34.6 Å². The zero-order valence-corrected chi connectivity index (χ0v) is 11.8. The third-order valence-electron chi connectivity index (χ3n) is 3.04. The van der Waals surface area contributed by atoms with Crippen molar-refractivity contribution in [3.05, 3.63) is 22.3 Å². The molecule has 0 fully saturated rings. The van der Waals surface area contributed by atoms with Crippen LogP contribution in [0, 0.1) is 5.92 Å². The molecule has 0 saturated heterocycles. The molecule has 0 spiro atoms. The summed E-state index contributed by atoms with van der Waals surface area (Å²) in [6, 6.07) is 0. The van der Waals surface area contributed by atoms with Crippen LogP contribution in [0.25, 0.3) is 0 Å². The Labute approximate surface area is 107 Å². The van der Waals surface area contributed by atoms with Crippen LogP contribution < -0.4 is 24.8 Å². The van der Waals surface area contributed by atoms with E-state index in [2.05, 4.69) is 34.6 Å². The molecule has 0 unspecified atom stereocenters. The number of hydrogen-bond donors (Lipinski definition) is 0. The Hall–Kier alpha value is 0.683. The Morgan fingerprint density at radius 2 is 1.00 bits per heavy atom. The monoisotopic (exact) mass is 309 g/mol. The standard InChI is InChI=1S/C10H16.2ClH.Rh/c1-6-7(2)9(4)10(5)8(6)3;;;/h6H,1-5H3;2*1H;/q;;;+3/p-2. The summed E-state index contributed by atoms with van der Waals surface area (Å²) in [7, 11) is 0. The van der Waals surface area contributed by atoms with Crippen molar-refractivity contribution >= 4 is 0 Å². The molecule has 13 heavy (non-hydrogen) atoms. The van der Waals surface area contributed by atoms with Crippen LogP contribution in [0.15, 0.2) is 22.3 Å². The van der Waals surface area contributed by atoms with E-state index in [1.807, 2.05) is 0 Å². The van der Waals surface area contributed by atoms with Gasteiger partial charge in [0.15, 0.2) is 0 Å². The molecule has 0 bridgehead atoms. The smallest absolute Gasteiger partial charge is 1.00 e. The van der Waals surface area contributed by atoms with Crippen LogP contribution in [-0.2, 0) is 19.5 Å². The largest absolute Gasteiger partial charge is 3.00 e. The maximum atomic E-state index is 2.28. The molecule has 0 radical (unpaired) electrons. The van der Waals surface area contributed by atoms with Crippen LogP contribution in [0.1, 0.15) is 34.6 Å². The second-order valence-electron chi connectivity index (χ2n) is 3.34. The van der Waals surface area contributed by atoms with Gasteiger partial charge < -0.3 is 24.8 Å². The molecular weight excluding hydrogens is 294 g/mol. The third-order valence-corrected chi connectivity index (χ3v) is 3.04. The summed E-state index contributed by atoms with van der Waals surface area (Å²) < 4.78 is 0. The Bertz CT molecular complexity index is 205. The van der Waals surface area contributed by atoms with Crippen molar-refractivity contribution in [1.29, 1.82) is 0 Å². The fourth-order valence-corrected chi connectivity index (χ4v) is 1.57. The average molecular weight is 310 g/mol. The third kappa shape index (κ3) is 3.38. The summed E-state index contributed by atoms with van der Waals surface area (Å²) in [4.78, 5) is 0. The van der Waals surface area contributed by atoms with Gasteiger partial charge in [0.2, 0.25) is 0 Å². The van der Waals surface area contributed by atoms with E-state index in [4.69, 9.17) is 0 Å². The van der Waals surface area contributed by atoms with E-state index in [0.29, 0.717) is 5.92 Å². The summed E-state index contributed by atoms with van der Waals surface area (Å²) in [5, 5.41) is 0. The van der Waals surface area contributed by atoms with Crippen molar-refractivity contribution in [3.63, 3.8) is 0 Å². The van der Waals surface area contributed by atoms with Gasteiger partial charge in [-0.3, -0.25) is 0 Å². The Morgan fingerprint density at radius 3 is 1.08 bits per heavy atom. The molecule has 0 heterocycles. The van der Waals surface area contributed by atoms with E-state index in [1.165, 1.54) is 11.1 Å². The Balaban J connectivity index is -0.000000333. The summed E-state index contributed by atoms with van der Waals surface area (Å²) in [6.45, 7) is 11.2. The minimum absolute atomic E-state index is 0. The summed E-state index contributed by atoms with van der Waals surface area (Å²) >= 11 is 0. The molecular formula is C10H16Cl2Rh+. The van der Waals surface area contributed by atoms with Gasteiger partial charge in [0.1, 0.15) is 0 Å². The SMILES string of the molecule is CC1=C(C)C(C)C(C)=C1C.[Cl-].[Cl-].[Rh+3]. The molecule has 0 N–H and O–H groups in total. The summed E-state index contributed by atoms with van der Waals surface area (Å²) in [5.74, 6) is 0.694. The maximum Gasteiger partial charge on any atom is 3.00 e. The van der Waals surface area contributed by atoms with E-state index < -0.39 is 0 Å². The van der Waals surface area contributed by atoms with Crippen LogP contribution >= 0.6 is 0 Å². The van der Waals surface area contributed by atoms with Crippen LogP contribution in [0.4, 0.5) is 0 Å². The maximum absolute atomic E-state index is 2.28. The van der Waals surface area contributed by atoms with Crippen molar-refractivity contribution in [1.82, 2.24) is 0 Å². The molecule has 3 heteroatoms.